The van der Waals surface area contributed by atoms with Crippen LogP contribution in [0.1, 0.15) is 26.2 Å². The van der Waals surface area contributed by atoms with Gasteiger partial charge in [-0.1, -0.05) is 6.92 Å². The molecule has 0 amide bonds. The van der Waals surface area contributed by atoms with Gasteiger partial charge in [-0.25, -0.2) is 4.98 Å². The standard InChI is InChI=1S/C11H18N4/c1-9-3-2-7-15(8-5-9)11-13-6-4-10(12)14-11/h4,6,9H,2-3,5,7-8H2,1H3,(H2,12,13,14). The molecule has 1 aromatic rings. The molecule has 4 heteroatoms. The van der Waals surface area contributed by atoms with Crippen molar-refractivity contribution >= 4 is 11.8 Å². The molecule has 1 aliphatic rings. The van der Waals surface area contributed by atoms with Crippen molar-refractivity contribution in [1.82, 2.24) is 9.97 Å². The smallest absolute Gasteiger partial charge is 0.227 e. The van der Waals surface area contributed by atoms with Crippen LogP contribution in [0, 0.1) is 5.92 Å². The highest BCUT2D eigenvalue weighted by molar-refractivity contribution is 5.37. The molecule has 0 spiro atoms. The Morgan fingerprint density at radius 1 is 1.40 bits per heavy atom. The lowest BCUT2D eigenvalue weighted by molar-refractivity contribution is 0.521. The summed E-state index contributed by atoms with van der Waals surface area (Å²) in [4.78, 5) is 10.8. The Morgan fingerprint density at radius 3 is 3.07 bits per heavy atom. The average Bonchev–Trinajstić information content (AvgIpc) is 2.43. The van der Waals surface area contributed by atoms with E-state index in [1.807, 2.05) is 0 Å². The summed E-state index contributed by atoms with van der Waals surface area (Å²) in [5.74, 6) is 2.15. The summed E-state index contributed by atoms with van der Waals surface area (Å²) in [6.45, 7) is 4.40. The molecule has 1 aliphatic heterocycles. The molecule has 1 saturated heterocycles. The first-order valence-electron chi connectivity index (χ1n) is 5.59. The Morgan fingerprint density at radius 2 is 2.27 bits per heavy atom. The molecular formula is C11H18N4. The molecular weight excluding hydrogens is 188 g/mol. The van der Waals surface area contributed by atoms with Gasteiger partial charge < -0.3 is 10.6 Å². The second kappa shape index (κ2) is 4.47. The highest BCUT2D eigenvalue weighted by Crippen LogP contribution is 2.19. The lowest BCUT2D eigenvalue weighted by Gasteiger charge is -2.20. The van der Waals surface area contributed by atoms with Crippen LogP contribution in [0.5, 0.6) is 0 Å². The van der Waals surface area contributed by atoms with Crippen LogP contribution in [0.25, 0.3) is 0 Å². The van der Waals surface area contributed by atoms with E-state index in [9.17, 15) is 0 Å². The van der Waals surface area contributed by atoms with Gasteiger partial charge in [-0.05, 0) is 31.2 Å². The van der Waals surface area contributed by atoms with Crippen molar-refractivity contribution in [3.63, 3.8) is 0 Å². The van der Waals surface area contributed by atoms with Crippen LogP contribution >= 0.6 is 0 Å². The fourth-order valence-electron chi connectivity index (χ4n) is 1.98. The molecule has 2 N–H and O–H groups in total. The minimum atomic E-state index is 0.553. The zero-order valence-electron chi connectivity index (χ0n) is 9.19. The Kier molecular flexibility index (Phi) is 3.04. The maximum absolute atomic E-state index is 5.65. The predicted molar refractivity (Wildman–Crippen MR) is 61.7 cm³/mol. The molecule has 1 fully saturated rings. The van der Waals surface area contributed by atoms with Crippen molar-refractivity contribution in [3.05, 3.63) is 12.3 Å². The molecule has 1 unspecified atom stereocenters. The molecule has 0 bridgehead atoms. The molecule has 4 nitrogen and oxygen atoms in total. The summed E-state index contributed by atoms with van der Waals surface area (Å²) in [7, 11) is 0. The molecule has 2 heterocycles. The zero-order chi connectivity index (χ0) is 10.7. The van der Waals surface area contributed by atoms with E-state index in [4.69, 9.17) is 5.73 Å². The van der Waals surface area contributed by atoms with E-state index in [1.165, 1.54) is 19.3 Å². The van der Waals surface area contributed by atoms with E-state index < -0.39 is 0 Å². The minimum absolute atomic E-state index is 0.553. The van der Waals surface area contributed by atoms with Gasteiger partial charge in [-0.3, -0.25) is 0 Å². The van der Waals surface area contributed by atoms with Crippen LogP contribution in [0.3, 0.4) is 0 Å². The van der Waals surface area contributed by atoms with E-state index in [0.717, 1.165) is 25.0 Å². The van der Waals surface area contributed by atoms with E-state index in [-0.39, 0.29) is 0 Å². The summed E-state index contributed by atoms with van der Waals surface area (Å²) in [6, 6.07) is 1.73. The van der Waals surface area contributed by atoms with Crippen molar-refractivity contribution in [3.8, 4) is 0 Å². The highest BCUT2D eigenvalue weighted by atomic mass is 15.3. The Labute approximate surface area is 90.5 Å². The maximum atomic E-state index is 5.65. The number of nitrogens with zero attached hydrogens (tertiary/aromatic N) is 3. The molecule has 1 aromatic heterocycles. The first-order valence-corrected chi connectivity index (χ1v) is 5.59. The number of hydrogen-bond acceptors (Lipinski definition) is 4. The van der Waals surface area contributed by atoms with Crippen molar-refractivity contribution in [2.75, 3.05) is 23.7 Å². The van der Waals surface area contributed by atoms with Crippen LogP contribution < -0.4 is 10.6 Å². The van der Waals surface area contributed by atoms with Gasteiger partial charge in [0.25, 0.3) is 0 Å². The number of nitrogens with two attached hydrogens (primary N) is 1. The van der Waals surface area contributed by atoms with E-state index in [1.54, 1.807) is 12.3 Å². The SMILES string of the molecule is CC1CCCN(c2nccc(N)n2)CC1. The predicted octanol–water partition coefficient (Wildman–Crippen LogP) is 1.69. The topological polar surface area (TPSA) is 55.0 Å². The molecule has 15 heavy (non-hydrogen) atoms. The molecule has 2 rings (SSSR count). The molecule has 0 aromatic carbocycles. The third-order valence-corrected chi connectivity index (χ3v) is 2.96. The number of aromatic nitrogens is 2. The highest BCUT2D eigenvalue weighted by Gasteiger charge is 2.15. The third-order valence-electron chi connectivity index (χ3n) is 2.96. The number of hydrogen-bond donors (Lipinski definition) is 1. The fraction of sp³-hybridized carbons (Fsp3) is 0.636. The first kappa shape index (κ1) is 10.2. The summed E-state index contributed by atoms with van der Waals surface area (Å²) < 4.78 is 0. The Hall–Kier alpha value is -1.32. The number of nitrogen functional groups attached to an aromatic ring is 1. The summed E-state index contributed by atoms with van der Waals surface area (Å²) in [5.41, 5.74) is 5.65. The summed E-state index contributed by atoms with van der Waals surface area (Å²) in [6.07, 6.45) is 5.47. The Bertz CT molecular complexity index is 326. The van der Waals surface area contributed by atoms with Gasteiger partial charge in [0.15, 0.2) is 0 Å². The molecule has 1 atom stereocenters. The van der Waals surface area contributed by atoms with Gasteiger partial charge >= 0.3 is 0 Å². The maximum Gasteiger partial charge on any atom is 0.227 e. The lowest BCUT2D eigenvalue weighted by atomic mass is 10.0. The van der Waals surface area contributed by atoms with E-state index in [0.29, 0.717) is 5.82 Å². The monoisotopic (exact) mass is 206 g/mol. The van der Waals surface area contributed by atoms with Crippen molar-refractivity contribution in [1.29, 1.82) is 0 Å². The number of rotatable bonds is 1. The van der Waals surface area contributed by atoms with E-state index >= 15 is 0 Å². The van der Waals surface area contributed by atoms with Crippen LogP contribution in [0.4, 0.5) is 11.8 Å². The van der Waals surface area contributed by atoms with E-state index in [2.05, 4.69) is 21.8 Å². The normalized spacial score (nSPS) is 22.5. The van der Waals surface area contributed by atoms with Crippen LogP contribution in [0.15, 0.2) is 12.3 Å². The molecule has 0 radical (unpaired) electrons. The second-order valence-electron chi connectivity index (χ2n) is 4.30. The van der Waals surface area contributed by atoms with Crippen LogP contribution in [-0.2, 0) is 0 Å². The number of anilines is 2. The lowest BCUT2D eigenvalue weighted by Crippen LogP contribution is -2.26. The second-order valence-corrected chi connectivity index (χ2v) is 4.30. The van der Waals surface area contributed by atoms with Gasteiger partial charge in [0.2, 0.25) is 5.95 Å². The first-order chi connectivity index (χ1) is 7.25. The Balaban J connectivity index is 2.09. The average molecular weight is 206 g/mol. The van der Waals surface area contributed by atoms with Crippen molar-refractivity contribution in [2.45, 2.75) is 26.2 Å². The van der Waals surface area contributed by atoms with Crippen molar-refractivity contribution in [2.24, 2.45) is 5.92 Å². The van der Waals surface area contributed by atoms with Crippen molar-refractivity contribution < 1.29 is 0 Å². The quantitative estimate of drug-likeness (QED) is 0.759. The van der Waals surface area contributed by atoms with Gasteiger partial charge in [0.1, 0.15) is 5.82 Å². The van der Waals surface area contributed by atoms with Gasteiger partial charge in [0.05, 0.1) is 0 Å². The third kappa shape index (κ3) is 2.58. The van der Waals surface area contributed by atoms with Crippen LogP contribution in [-0.4, -0.2) is 23.1 Å². The molecule has 0 aliphatic carbocycles. The molecule has 82 valence electrons. The largest absolute Gasteiger partial charge is 0.384 e. The summed E-state index contributed by atoms with van der Waals surface area (Å²) in [5, 5.41) is 0. The van der Waals surface area contributed by atoms with Gasteiger partial charge in [-0.15, -0.1) is 0 Å². The van der Waals surface area contributed by atoms with Gasteiger partial charge in [-0.2, -0.15) is 4.98 Å². The van der Waals surface area contributed by atoms with Gasteiger partial charge in [0, 0.05) is 19.3 Å². The summed E-state index contributed by atoms with van der Waals surface area (Å²) >= 11 is 0. The molecule has 0 saturated carbocycles. The minimum Gasteiger partial charge on any atom is -0.384 e. The fourth-order valence-corrected chi connectivity index (χ4v) is 1.98. The zero-order valence-corrected chi connectivity index (χ0v) is 9.19. The van der Waals surface area contributed by atoms with Crippen LogP contribution in [0.2, 0.25) is 0 Å².